The molecule has 0 aliphatic rings. The number of rotatable bonds is 4. The van der Waals surface area contributed by atoms with Gasteiger partial charge in [0.25, 0.3) is 0 Å². The maximum Gasteiger partial charge on any atom is 0.337 e. The number of aromatic carboxylic acids is 1. The Balaban J connectivity index is 2.12. The van der Waals surface area contributed by atoms with Crippen LogP contribution in [0, 0.1) is 0 Å². The molecule has 0 atom stereocenters. The molecule has 0 fully saturated rings. The number of aromatic nitrogens is 2. The first-order valence-corrected chi connectivity index (χ1v) is 5.08. The molecule has 1 heterocycles. The largest absolute Gasteiger partial charge is 0.478 e. The lowest BCUT2D eigenvalue weighted by molar-refractivity contribution is 0.0698. The van der Waals surface area contributed by atoms with Crippen LogP contribution in [0.4, 0.5) is 5.69 Å². The van der Waals surface area contributed by atoms with Crippen molar-refractivity contribution in [2.24, 2.45) is 0 Å². The van der Waals surface area contributed by atoms with Crippen LogP contribution in [0.1, 0.15) is 16.1 Å². The van der Waals surface area contributed by atoms with Crippen LogP contribution in [-0.2, 0) is 6.54 Å². The Hall–Kier alpha value is -2.43. The lowest BCUT2D eigenvalue weighted by Crippen LogP contribution is -2.07. The summed E-state index contributed by atoms with van der Waals surface area (Å²) in [6, 6.07) is 6.75. The molecule has 0 saturated carbocycles. The summed E-state index contributed by atoms with van der Waals surface area (Å²) < 4.78 is 0. The van der Waals surface area contributed by atoms with Crippen molar-refractivity contribution in [3.8, 4) is 0 Å². The van der Waals surface area contributed by atoms with Gasteiger partial charge in [-0.15, -0.1) is 0 Å². The molecule has 86 valence electrons. The molecule has 1 aromatic heterocycles. The number of anilines is 1. The van der Waals surface area contributed by atoms with Crippen LogP contribution in [0.25, 0.3) is 0 Å². The first-order chi connectivity index (χ1) is 8.27. The third-order valence-electron chi connectivity index (χ3n) is 2.23. The van der Waals surface area contributed by atoms with Crippen LogP contribution in [0.3, 0.4) is 0 Å². The van der Waals surface area contributed by atoms with Gasteiger partial charge in [0.1, 0.15) is 0 Å². The van der Waals surface area contributed by atoms with E-state index in [0.717, 1.165) is 5.69 Å². The summed E-state index contributed by atoms with van der Waals surface area (Å²) in [5, 5.41) is 12.0. The van der Waals surface area contributed by atoms with E-state index in [4.69, 9.17) is 5.11 Å². The lowest BCUT2D eigenvalue weighted by Gasteiger charge is -2.08. The van der Waals surface area contributed by atoms with Crippen molar-refractivity contribution >= 4 is 11.7 Å². The Morgan fingerprint density at radius 1 is 1.29 bits per heavy atom. The van der Waals surface area contributed by atoms with E-state index in [2.05, 4.69) is 15.3 Å². The third-order valence-corrected chi connectivity index (χ3v) is 2.23. The summed E-state index contributed by atoms with van der Waals surface area (Å²) in [5.41, 5.74) is 1.58. The van der Waals surface area contributed by atoms with Gasteiger partial charge in [-0.05, 0) is 12.1 Å². The predicted molar refractivity (Wildman–Crippen MR) is 62.8 cm³/mol. The molecule has 0 spiro atoms. The molecule has 1 aromatic carbocycles. The van der Waals surface area contributed by atoms with Crippen molar-refractivity contribution in [1.29, 1.82) is 0 Å². The van der Waals surface area contributed by atoms with Crippen LogP contribution in [0.2, 0.25) is 0 Å². The smallest absolute Gasteiger partial charge is 0.337 e. The van der Waals surface area contributed by atoms with Gasteiger partial charge >= 0.3 is 5.97 Å². The summed E-state index contributed by atoms with van der Waals surface area (Å²) in [4.78, 5) is 19.0. The monoisotopic (exact) mass is 229 g/mol. The van der Waals surface area contributed by atoms with Crippen LogP contribution in [0.15, 0.2) is 42.9 Å². The molecule has 0 amide bonds. The quantitative estimate of drug-likeness (QED) is 0.835. The van der Waals surface area contributed by atoms with Crippen molar-refractivity contribution in [2.75, 3.05) is 5.32 Å². The van der Waals surface area contributed by atoms with Gasteiger partial charge in [-0.3, -0.25) is 9.97 Å². The van der Waals surface area contributed by atoms with E-state index in [0.29, 0.717) is 12.2 Å². The third kappa shape index (κ3) is 2.78. The van der Waals surface area contributed by atoms with Crippen LogP contribution < -0.4 is 5.32 Å². The number of hydrogen-bond acceptors (Lipinski definition) is 4. The maximum absolute atomic E-state index is 11.0. The average molecular weight is 229 g/mol. The van der Waals surface area contributed by atoms with Crippen LogP contribution >= 0.6 is 0 Å². The van der Waals surface area contributed by atoms with Gasteiger partial charge in [-0.1, -0.05) is 12.1 Å². The fourth-order valence-electron chi connectivity index (χ4n) is 1.43. The zero-order valence-corrected chi connectivity index (χ0v) is 9.00. The Morgan fingerprint density at radius 3 is 2.82 bits per heavy atom. The number of carbonyl (C=O) groups is 1. The molecule has 0 aliphatic heterocycles. The summed E-state index contributed by atoms with van der Waals surface area (Å²) in [6.07, 6.45) is 4.82. The van der Waals surface area contributed by atoms with Gasteiger partial charge in [0, 0.05) is 18.1 Å². The number of nitrogens with one attached hydrogen (secondary N) is 1. The fraction of sp³-hybridized carbons (Fsp3) is 0.0833. The van der Waals surface area contributed by atoms with Crippen molar-refractivity contribution in [1.82, 2.24) is 9.97 Å². The minimum atomic E-state index is -0.952. The number of para-hydroxylation sites is 1. The molecule has 2 aromatic rings. The molecule has 2 rings (SSSR count). The summed E-state index contributed by atoms with van der Waals surface area (Å²) in [6.45, 7) is 0.443. The average Bonchev–Trinajstić information content (AvgIpc) is 2.38. The first-order valence-electron chi connectivity index (χ1n) is 5.08. The molecular weight excluding hydrogens is 218 g/mol. The highest BCUT2D eigenvalue weighted by molar-refractivity contribution is 5.94. The molecule has 0 radical (unpaired) electrons. The van der Waals surface area contributed by atoms with Crippen molar-refractivity contribution < 1.29 is 9.90 Å². The van der Waals surface area contributed by atoms with Crippen molar-refractivity contribution in [2.45, 2.75) is 6.54 Å². The molecule has 0 aliphatic carbocycles. The van der Waals surface area contributed by atoms with Gasteiger partial charge in [0.15, 0.2) is 0 Å². The maximum atomic E-state index is 11.0. The van der Waals surface area contributed by atoms with Crippen LogP contribution in [-0.4, -0.2) is 21.0 Å². The van der Waals surface area contributed by atoms with E-state index in [-0.39, 0.29) is 5.56 Å². The molecule has 5 heteroatoms. The van der Waals surface area contributed by atoms with Gasteiger partial charge < -0.3 is 10.4 Å². The van der Waals surface area contributed by atoms with Crippen molar-refractivity contribution in [3.63, 3.8) is 0 Å². The second kappa shape index (κ2) is 5.07. The molecular formula is C12H11N3O2. The summed E-state index contributed by atoms with van der Waals surface area (Å²) in [5.74, 6) is -0.952. The van der Waals surface area contributed by atoms with Gasteiger partial charge in [0.2, 0.25) is 0 Å². The minimum absolute atomic E-state index is 0.247. The Kier molecular flexibility index (Phi) is 3.30. The van der Waals surface area contributed by atoms with Gasteiger partial charge in [-0.25, -0.2) is 4.79 Å². The molecule has 0 bridgehead atoms. The van der Waals surface area contributed by atoms with E-state index in [1.54, 1.807) is 42.9 Å². The van der Waals surface area contributed by atoms with Crippen LogP contribution in [0.5, 0.6) is 0 Å². The molecule has 0 unspecified atom stereocenters. The minimum Gasteiger partial charge on any atom is -0.478 e. The normalized spacial score (nSPS) is 9.88. The highest BCUT2D eigenvalue weighted by Gasteiger charge is 2.08. The Morgan fingerprint density at radius 2 is 2.12 bits per heavy atom. The van der Waals surface area contributed by atoms with E-state index < -0.39 is 5.97 Å². The number of carboxylic acids is 1. The number of benzene rings is 1. The van der Waals surface area contributed by atoms with E-state index in [9.17, 15) is 4.79 Å². The second-order valence-electron chi connectivity index (χ2n) is 3.40. The van der Waals surface area contributed by atoms with Crippen molar-refractivity contribution in [3.05, 3.63) is 54.1 Å². The summed E-state index contributed by atoms with van der Waals surface area (Å²) in [7, 11) is 0. The SMILES string of the molecule is O=C(O)c1ccccc1NCc1cnccn1. The highest BCUT2D eigenvalue weighted by Crippen LogP contribution is 2.15. The Bertz CT molecular complexity index is 514. The predicted octanol–water partition coefficient (Wildman–Crippen LogP) is 1.79. The zero-order chi connectivity index (χ0) is 12.1. The first kappa shape index (κ1) is 11.1. The standard InChI is InChI=1S/C12H11N3O2/c16-12(17)10-3-1-2-4-11(10)15-8-9-7-13-5-6-14-9/h1-7,15H,8H2,(H,16,17). The second-order valence-corrected chi connectivity index (χ2v) is 3.40. The summed E-state index contributed by atoms with van der Waals surface area (Å²) >= 11 is 0. The molecule has 5 nitrogen and oxygen atoms in total. The van der Waals surface area contributed by atoms with E-state index in [1.807, 2.05) is 0 Å². The van der Waals surface area contributed by atoms with Gasteiger partial charge in [0.05, 0.1) is 24.0 Å². The molecule has 2 N–H and O–H groups in total. The molecule has 17 heavy (non-hydrogen) atoms. The zero-order valence-electron chi connectivity index (χ0n) is 9.00. The lowest BCUT2D eigenvalue weighted by atomic mass is 10.2. The number of nitrogens with zero attached hydrogens (tertiary/aromatic N) is 2. The highest BCUT2D eigenvalue weighted by atomic mass is 16.4. The number of hydrogen-bond donors (Lipinski definition) is 2. The molecule has 0 saturated heterocycles. The van der Waals surface area contributed by atoms with E-state index >= 15 is 0 Å². The fourth-order valence-corrected chi connectivity index (χ4v) is 1.43. The number of carboxylic acid groups (broad SMARTS) is 1. The van der Waals surface area contributed by atoms with E-state index in [1.165, 1.54) is 0 Å². The topological polar surface area (TPSA) is 75.1 Å². The van der Waals surface area contributed by atoms with Gasteiger partial charge in [-0.2, -0.15) is 0 Å². The Labute approximate surface area is 98.2 Å².